The number of thiazole rings is 1. The number of hydrogen-bond donors (Lipinski definition) is 0. The number of allylic oxidation sites excluding steroid dienone is 1. The number of aromatic nitrogens is 1. The summed E-state index contributed by atoms with van der Waals surface area (Å²) in [7, 11) is 0. The van der Waals surface area contributed by atoms with Gasteiger partial charge in [-0.2, -0.15) is 0 Å². The van der Waals surface area contributed by atoms with Crippen molar-refractivity contribution in [3.05, 3.63) is 118 Å². The van der Waals surface area contributed by atoms with Crippen LogP contribution in [-0.4, -0.2) is 42.9 Å². The molecule has 0 saturated heterocycles. The zero-order valence-electron chi connectivity index (χ0n) is 27.9. The van der Waals surface area contributed by atoms with Crippen LogP contribution in [0.5, 0.6) is 17.2 Å². The maximum Gasteiger partial charge on any atom is 0.338 e. The highest BCUT2D eigenvalue weighted by Gasteiger charge is 2.33. The van der Waals surface area contributed by atoms with Crippen molar-refractivity contribution in [2.75, 3.05) is 26.4 Å². The quantitative estimate of drug-likeness (QED) is 0.151. The number of ether oxygens (including phenoxy) is 5. The van der Waals surface area contributed by atoms with Crippen molar-refractivity contribution in [1.29, 1.82) is 0 Å². The molecule has 12 heteroatoms. The van der Waals surface area contributed by atoms with E-state index in [1.165, 1.54) is 11.3 Å². The molecule has 0 radical (unpaired) electrons. The van der Waals surface area contributed by atoms with E-state index in [9.17, 15) is 14.4 Å². The summed E-state index contributed by atoms with van der Waals surface area (Å²) in [6.45, 7) is 10.7. The van der Waals surface area contributed by atoms with Crippen LogP contribution in [0, 0.1) is 0 Å². The molecule has 1 atom stereocenters. The molecule has 0 bridgehead atoms. The number of hydrogen-bond acceptors (Lipinski definition) is 10. The highest BCUT2D eigenvalue weighted by molar-refractivity contribution is 9.10. The molecule has 0 saturated carbocycles. The molecule has 1 aliphatic heterocycles. The van der Waals surface area contributed by atoms with Gasteiger partial charge in [-0.1, -0.05) is 35.6 Å². The van der Waals surface area contributed by atoms with Crippen molar-refractivity contribution in [2.24, 2.45) is 4.99 Å². The number of carbonyl (C=O) groups excluding carboxylic acids is 2. The normalized spacial score (nSPS) is 14.2. The summed E-state index contributed by atoms with van der Waals surface area (Å²) in [5, 5.41) is 0. The van der Waals surface area contributed by atoms with Gasteiger partial charge in [-0.05, 0) is 110 Å². The van der Waals surface area contributed by atoms with E-state index in [2.05, 4.69) is 20.9 Å². The van der Waals surface area contributed by atoms with Crippen LogP contribution in [0.4, 0.5) is 0 Å². The summed E-state index contributed by atoms with van der Waals surface area (Å²) >= 11 is 4.87. The number of carbonyl (C=O) groups is 2. The lowest BCUT2D eigenvalue weighted by atomic mass is 9.96. The molecule has 10 nitrogen and oxygen atoms in total. The molecule has 0 unspecified atom stereocenters. The van der Waals surface area contributed by atoms with E-state index in [1.54, 1.807) is 43.5 Å². The SMILES string of the molecule is CCOC(=O)C1=C(C)N=c2s/c(=C\c3cc(Br)c(OCc4ccc(C(=O)OCC)cc4)c(OCC)c3)c(=O)n2[C@@H]1c1ccc(OCC)cc1. The van der Waals surface area contributed by atoms with Crippen molar-refractivity contribution in [3.8, 4) is 17.2 Å². The highest BCUT2D eigenvalue weighted by Crippen LogP contribution is 2.38. The first kappa shape index (κ1) is 35.6. The third-order valence-corrected chi connectivity index (χ3v) is 9.07. The van der Waals surface area contributed by atoms with Gasteiger partial charge in [-0.3, -0.25) is 9.36 Å². The Bertz CT molecular complexity index is 2050. The van der Waals surface area contributed by atoms with Crippen LogP contribution >= 0.6 is 27.3 Å². The van der Waals surface area contributed by atoms with Gasteiger partial charge in [0.25, 0.3) is 5.56 Å². The molecule has 5 rings (SSSR count). The smallest absolute Gasteiger partial charge is 0.338 e. The van der Waals surface area contributed by atoms with Crippen LogP contribution in [0.3, 0.4) is 0 Å². The van der Waals surface area contributed by atoms with Crippen LogP contribution in [0.25, 0.3) is 6.08 Å². The summed E-state index contributed by atoms with van der Waals surface area (Å²) in [5.41, 5.74) is 3.25. The van der Waals surface area contributed by atoms with Crippen LogP contribution in [-0.2, 0) is 20.9 Å². The van der Waals surface area contributed by atoms with E-state index in [1.807, 2.05) is 62.4 Å². The van der Waals surface area contributed by atoms with Crippen LogP contribution in [0.1, 0.15) is 67.7 Å². The number of rotatable bonds is 13. The second kappa shape index (κ2) is 16.1. The van der Waals surface area contributed by atoms with Gasteiger partial charge in [0.2, 0.25) is 0 Å². The number of benzene rings is 3. The molecule has 0 N–H and O–H groups in total. The molecular formula is C37H37BrN2O8S. The molecule has 0 aliphatic carbocycles. The van der Waals surface area contributed by atoms with Crippen molar-refractivity contribution < 1.29 is 33.3 Å². The van der Waals surface area contributed by atoms with Crippen molar-refractivity contribution in [3.63, 3.8) is 0 Å². The summed E-state index contributed by atoms with van der Waals surface area (Å²) in [6, 6.07) is 17.3. The monoisotopic (exact) mass is 748 g/mol. The fourth-order valence-corrected chi connectivity index (χ4v) is 6.97. The van der Waals surface area contributed by atoms with Crippen LogP contribution < -0.4 is 29.1 Å². The lowest BCUT2D eigenvalue weighted by Gasteiger charge is -2.24. The molecule has 2 heterocycles. The average Bonchev–Trinajstić information content (AvgIpc) is 3.38. The third kappa shape index (κ3) is 7.97. The van der Waals surface area contributed by atoms with Gasteiger partial charge in [0.1, 0.15) is 12.4 Å². The largest absolute Gasteiger partial charge is 0.494 e. The van der Waals surface area contributed by atoms with Crippen molar-refractivity contribution in [2.45, 2.75) is 47.3 Å². The second-order valence-electron chi connectivity index (χ2n) is 10.8. The third-order valence-electron chi connectivity index (χ3n) is 7.50. The van der Waals surface area contributed by atoms with Crippen molar-refractivity contribution in [1.82, 2.24) is 4.57 Å². The molecule has 49 heavy (non-hydrogen) atoms. The van der Waals surface area contributed by atoms with Gasteiger partial charge in [0, 0.05) is 0 Å². The minimum absolute atomic E-state index is 0.189. The molecule has 4 aromatic rings. The van der Waals surface area contributed by atoms with Gasteiger partial charge < -0.3 is 23.7 Å². The van der Waals surface area contributed by atoms with Crippen molar-refractivity contribution >= 4 is 45.3 Å². The van der Waals surface area contributed by atoms with E-state index in [-0.39, 0.29) is 24.7 Å². The zero-order chi connectivity index (χ0) is 35.1. The Kier molecular flexibility index (Phi) is 11.7. The van der Waals surface area contributed by atoms with Gasteiger partial charge in [0.15, 0.2) is 16.3 Å². The molecule has 1 aromatic heterocycles. The molecule has 256 valence electrons. The predicted octanol–water partition coefficient (Wildman–Crippen LogP) is 6.11. The predicted molar refractivity (Wildman–Crippen MR) is 190 cm³/mol. The van der Waals surface area contributed by atoms with E-state index in [4.69, 9.17) is 23.7 Å². The Balaban J connectivity index is 1.51. The number of esters is 2. The summed E-state index contributed by atoms with van der Waals surface area (Å²) < 4.78 is 30.8. The minimum atomic E-state index is -0.735. The number of halogens is 1. The maximum absolute atomic E-state index is 14.1. The van der Waals surface area contributed by atoms with Crippen LogP contribution in [0.15, 0.2) is 86.2 Å². The van der Waals surface area contributed by atoms with E-state index < -0.39 is 12.0 Å². The standard InChI is InChI=1S/C37H37BrN2O8S/c1-6-44-27-16-14-25(15-17-27)32-31(36(43)47-9-4)22(5)39-37-40(32)34(41)30(49-37)20-24-18-28(38)33(29(19-24)45-7-2)48-21-23-10-12-26(13-11-23)35(42)46-8-3/h10-20,32H,6-9,21H2,1-5H3/b30-20-/t32-/m1/s1. The van der Waals surface area contributed by atoms with Gasteiger partial charge in [0.05, 0.1) is 58.3 Å². The van der Waals surface area contributed by atoms with Gasteiger partial charge in [-0.25, -0.2) is 14.6 Å². The molecule has 0 spiro atoms. The lowest BCUT2D eigenvalue weighted by molar-refractivity contribution is -0.139. The summed E-state index contributed by atoms with van der Waals surface area (Å²) in [4.78, 5) is 44.5. The fraction of sp³-hybridized carbons (Fsp3) is 0.297. The fourth-order valence-electron chi connectivity index (χ4n) is 5.35. The van der Waals surface area contributed by atoms with Gasteiger partial charge >= 0.3 is 11.9 Å². The molecule has 0 amide bonds. The highest BCUT2D eigenvalue weighted by atomic mass is 79.9. The van der Waals surface area contributed by atoms with Crippen LogP contribution in [0.2, 0.25) is 0 Å². The van der Waals surface area contributed by atoms with E-state index in [0.717, 1.165) is 11.1 Å². The summed E-state index contributed by atoms with van der Waals surface area (Å²) in [5.74, 6) is 0.785. The Morgan fingerprint density at radius 1 is 0.878 bits per heavy atom. The first-order valence-corrected chi connectivity index (χ1v) is 17.6. The Labute approximate surface area is 296 Å². The first-order valence-electron chi connectivity index (χ1n) is 16.0. The molecule has 1 aliphatic rings. The van der Waals surface area contributed by atoms with E-state index >= 15 is 0 Å². The average molecular weight is 750 g/mol. The maximum atomic E-state index is 14.1. The van der Waals surface area contributed by atoms with Gasteiger partial charge in [-0.15, -0.1) is 0 Å². The minimum Gasteiger partial charge on any atom is -0.494 e. The summed E-state index contributed by atoms with van der Waals surface area (Å²) in [6.07, 6.45) is 1.77. The number of fused-ring (bicyclic) bond motifs is 1. The lowest BCUT2D eigenvalue weighted by Crippen LogP contribution is -2.39. The Hall–Kier alpha value is -4.68. The molecular weight excluding hydrogens is 712 g/mol. The topological polar surface area (TPSA) is 115 Å². The second-order valence-corrected chi connectivity index (χ2v) is 12.6. The number of nitrogens with zero attached hydrogens (tertiary/aromatic N) is 2. The Morgan fingerprint density at radius 2 is 1.55 bits per heavy atom. The zero-order valence-corrected chi connectivity index (χ0v) is 30.3. The molecule has 3 aromatic carbocycles. The molecule has 0 fully saturated rings. The first-order chi connectivity index (χ1) is 23.7. The van der Waals surface area contributed by atoms with E-state index in [0.29, 0.717) is 73.3 Å². The Morgan fingerprint density at radius 3 is 2.20 bits per heavy atom.